The van der Waals surface area contributed by atoms with Crippen molar-refractivity contribution in [3.63, 3.8) is 0 Å². The van der Waals surface area contributed by atoms with Crippen LogP contribution in [0.3, 0.4) is 0 Å². The number of hydrogen-bond donors (Lipinski definition) is 0. The number of rotatable bonds is 5. The van der Waals surface area contributed by atoms with Gasteiger partial charge in [0.1, 0.15) is 10.7 Å². The molecule has 1 aliphatic carbocycles. The van der Waals surface area contributed by atoms with Gasteiger partial charge in [0.2, 0.25) is 0 Å². The van der Waals surface area contributed by atoms with Crippen LogP contribution in [0.4, 0.5) is 0 Å². The number of methoxy groups -OCH3 is 1. The zero-order valence-corrected chi connectivity index (χ0v) is 19.3. The van der Waals surface area contributed by atoms with E-state index in [9.17, 15) is 4.79 Å². The molecule has 2 aromatic heterocycles. The lowest BCUT2D eigenvalue weighted by Gasteiger charge is -2.31. The van der Waals surface area contributed by atoms with Gasteiger partial charge in [-0.25, -0.2) is 4.98 Å². The quantitative estimate of drug-likeness (QED) is 0.591. The number of aromatic nitrogens is 2. The Morgan fingerprint density at radius 2 is 1.94 bits per heavy atom. The largest absolute Gasteiger partial charge is 0.384 e. The van der Waals surface area contributed by atoms with Gasteiger partial charge in [-0.3, -0.25) is 9.36 Å². The zero-order chi connectivity index (χ0) is 21.4. The monoisotopic (exact) mass is 437 g/mol. The third kappa shape index (κ3) is 3.97. The molecule has 3 aromatic rings. The maximum atomic E-state index is 13.9. The zero-order valence-electron chi connectivity index (χ0n) is 18.5. The first-order chi connectivity index (χ1) is 15.2. The van der Waals surface area contributed by atoms with Crippen LogP contribution in [0.1, 0.15) is 48.7 Å². The first kappa shape index (κ1) is 20.9. The molecule has 6 heteroatoms. The van der Waals surface area contributed by atoms with E-state index in [4.69, 9.17) is 9.72 Å². The maximum absolute atomic E-state index is 13.9. The van der Waals surface area contributed by atoms with Gasteiger partial charge >= 0.3 is 0 Å². The highest BCUT2D eigenvalue weighted by molar-refractivity contribution is 7.17. The number of fused-ring (bicyclic) bond motifs is 2. The van der Waals surface area contributed by atoms with Crippen molar-refractivity contribution in [2.75, 3.05) is 33.9 Å². The Kier molecular flexibility index (Phi) is 5.95. The Hall–Kier alpha value is -2.02. The lowest BCUT2D eigenvalue weighted by Crippen LogP contribution is -2.37. The van der Waals surface area contributed by atoms with E-state index in [1.165, 1.54) is 30.4 Å². The molecule has 0 radical (unpaired) electrons. The van der Waals surface area contributed by atoms with E-state index in [0.717, 1.165) is 59.5 Å². The summed E-state index contributed by atoms with van der Waals surface area (Å²) in [6.45, 7) is 2.61. The van der Waals surface area contributed by atoms with E-state index >= 15 is 0 Å². The summed E-state index contributed by atoms with van der Waals surface area (Å²) in [6.07, 6.45) is 7.50. The molecule has 5 nitrogen and oxygen atoms in total. The molecule has 1 aromatic carbocycles. The second-order valence-electron chi connectivity index (χ2n) is 9.00. The second-order valence-corrected chi connectivity index (χ2v) is 9.86. The number of benzene rings is 1. The molecule has 0 amide bonds. The summed E-state index contributed by atoms with van der Waals surface area (Å²) in [5.41, 5.74) is 5.25. The molecular formula is C25H31N3O2S. The SMILES string of the molecule is COCCc1nc2scc(-c3ccc4c(c3)CCCC4)c2c(=O)n1C1CCN(C)CC1. The molecule has 3 heterocycles. The smallest absolute Gasteiger partial charge is 0.263 e. The van der Waals surface area contributed by atoms with Gasteiger partial charge < -0.3 is 9.64 Å². The third-order valence-corrected chi connectivity index (χ3v) is 7.83. The van der Waals surface area contributed by atoms with Crippen LogP contribution in [0, 0.1) is 0 Å². The average molecular weight is 438 g/mol. The van der Waals surface area contributed by atoms with Gasteiger partial charge in [-0.2, -0.15) is 0 Å². The molecule has 1 fully saturated rings. The fourth-order valence-electron chi connectivity index (χ4n) is 5.16. The predicted molar refractivity (Wildman–Crippen MR) is 127 cm³/mol. The highest BCUT2D eigenvalue weighted by Gasteiger charge is 2.25. The van der Waals surface area contributed by atoms with E-state index in [1.54, 1.807) is 18.4 Å². The number of hydrogen-bond acceptors (Lipinski definition) is 5. The van der Waals surface area contributed by atoms with Crippen molar-refractivity contribution in [3.8, 4) is 11.1 Å². The van der Waals surface area contributed by atoms with Crippen molar-refractivity contribution in [1.29, 1.82) is 0 Å². The van der Waals surface area contributed by atoms with Crippen LogP contribution in [0.15, 0.2) is 28.4 Å². The highest BCUT2D eigenvalue weighted by atomic mass is 32.1. The summed E-state index contributed by atoms with van der Waals surface area (Å²) in [7, 11) is 3.86. The Balaban J connectivity index is 1.63. The molecular weight excluding hydrogens is 406 g/mol. The van der Waals surface area contributed by atoms with Gasteiger partial charge in [-0.1, -0.05) is 18.2 Å². The first-order valence-corrected chi connectivity index (χ1v) is 12.4. The lowest BCUT2D eigenvalue weighted by molar-refractivity contribution is 0.191. The molecule has 5 rings (SSSR count). The molecule has 2 aliphatic rings. The fraction of sp³-hybridized carbons (Fsp3) is 0.520. The minimum absolute atomic E-state index is 0.125. The number of ether oxygens (including phenoxy) is 1. The summed E-state index contributed by atoms with van der Waals surface area (Å²) < 4.78 is 7.33. The van der Waals surface area contributed by atoms with Gasteiger partial charge in [-0.05, 0) is 75.4 Å². The summed E-state index contributed by atoms with van der Waals surface area (Å²) in [5, 5.41) is 2.92. The lowest BCUT2D eigenvalue weighted by atomic mass is 9.89. The Labute approximate surface area is 187 Å². The van der Waals surface area contributed by atoms with Crippen LogP contribution in [0.5, 0.6) is 0 Å². The minimum atomic E-state index is 0.125. The summed E-state index contributed by atoms with van der Waals surface area (Å²) in [4.78, 5) is 22.1. The van der Waals surface area contributed by atoms with Crippen LogP contribution >= 0.6 is 11.3 Å². The number of likely N-dealkylation sites (tertiary alicyclic amines) is 1. The normalized spacial score (nSPS) is 17.9. The number of nitrogens with zero attached hydrogens (tertiary/aromatic N) is 3. The molecule has 1 aliphatic heterocycles. The second kappa shape index (κ2) is 8.85. The first-order valence-electron chi connectivity index (χ1n) is 11.5. The van der Waals surface area contributed by atoms with Crippen LogP contribution in [-0.2, 0) is 24.0 Å². The van der Waals surface area contributed by atoms with Gasteiger partial charge in [-0.15, -0.1) is 11.3 Å². The van der Waals surface area contributed by atoms with Crippen LogP contribution in [-0.4, -0.2) is 48.3 Å². The number of piperidine rings is 1. The fourth-order valence-corrected chi connectivity index (χ4v) is 6.11. The van der Waals surface area contributed by atoms with Crippen molar-refractivity contribution in [2.24, 2.45) is 0 Å². The summed E-state index contributed by atoms with van der Waals surface area (Å²) >= 11 is 1.59. The van der Waals surface area contributed by atoms with Crippen LogP contribution in [0.2, 0.25) is 0 Å². The minimum Gasteiger partial charge on any atom is -0.384 e. The van der Waals surface area contributed by atoms with Gasteiger partial charge in [0.25, 0.3) is 5.56 Å². The number of aryl methyl sites for hydroxylation is 2. The standard InChI is InChI=1S/C25H31N3O2S/c1-27-12-9-20(10-13-27)28-22(11-14-30-2)26-24-23(25(28)29)21(16-31-24)19-8-7-17-5-3-4-6-18(17)15-19/h7-8,15-16,20H,3-6,9-14H2,1-2H3. The van der Waals surface area contributed by atoms with Gasteiger partial charge in [0, 0.05) is 30.5 Å². The van der Waals surface area contributed by atoms with Crippen molar-refractivity contribution >= 4 is 21.6 Å². The van der Waals surface area contributed by atoms with Crippen LogP contribution in [0.25, 0.3) is 21.3 Å². The van der Waals surface area contributed by atoms with E-state index in [1.807, 2.05) is 4.57 Å². The average Bonchev–Trinajstić information content (AvgIpc) is 3.22. The van der Waals surface area contributed by atoms with Crippen molar-refractivity contribution < 1.29 is 4.74 Å². The van der Waals surface area contributed by atoms with E-state index in [-0.39, 0.29) is 11.6 Å². The predicted octanol–water partition coefficient (Wildman–Crippen LogP) is 4.46. The van der Waals surface area contributed by atoms with Crippen molar-refractivity contribution in [1.82, 2.24) is 14.5 Å². The van der Waals surface area contributed by atoms with E-state index in [0.29, 0.717) is 13.0 Å². The summed E-state index contributed by atoms with van der Waals surface area (Å²) in [6, 6.07) is 6.99. The van der Waals surface area contributed by atoms with Gasteiger partial charge in [0.05, 0.1) is 12.0 Å². The van der Waals surface area contributed by atoms with Crippen molar-refractivity contribution in [3.05, 3.63) is 50.9 Å². The topological polar surface area (TPSA) is 47.4 Å². The van der Waals surface area contributed by atoms with Gasteiger partial charge in [0.15, 0.2) is 0 Å². The molecule has 0 saturated carbocycles. The van der Waals surface area contributed by atoms with E-state index < -0.39 is 0 Å². The Morgan fingerprint density at radius 1 is 1.16 bits per heavy atom. The van der Waals surface area contributed by atoms with Crippen LogP contribution < -0.4 is 5.56 Å². The molecule has 0 unspecified atom stereocenters. The molecule has 1 saturated heterocycles. The molecule has 0 spiro atoms. The molecule has 0 bridgehead atoms. The Morgan fingerprint density at radius 3 is 2.71 bits per heavy atom. The molecule has 31 heavy (non-hydrogen) atoms. The molecule has 0 atom stereocenters. The van der Waals surface area contributed by atoms with E-state index in [2.05, 4.69) is 35.5 Å². The molecule has 164 valence electrons. The summed E-state index contributed by atoms with van der Waals surface area (Å²) in [5.74, 6) is 0.868. The molecule has 0 N–H and O–H groups in total. The number of thiophene rings is 1. The Bertz CT molecular complexity index is 1140. The third-order valence-electron chi connectivity index (χ3n) is 6.96. The van der Waals surface area contributed by atoms with Crippen molar-refractivity contribution in [2.45, 2.75) is 51.0 Å². The highest BCUT2D eigenvalue weighted by Crippen LogP contribution is 2.34. The maximum Gasteiger partial charge on any atom is 0.263 e.